The minimum atomic E-state index is -3.64. The molecule has 1 aliphatic rings. The molecule has 0 radical (unpaired) electrons. The Balaban J connectivity index is 1.68. The van der Waals surface area contributed by atoms with Crippen molar-refractivity contribution in [3.05, 3.63) is 57.9 Å². The van der Waals surface area contributed by atoms with E-state index in [1.54, 1.807) is 15.8 Å². The number of piperidine rings is 1. The van der Waals surface area contributed by atoms with Crippen molar-refractivity contribution in [1.82, 2.24) is 8.87 Å². The third-order valence-electron chi connectivity index (χ3n) is 6.84. The van der Waals surface area contributed by atoms with Gasteiger partial charge in [-0.3, -0.25) is 9.59 Å². The summed E-state index contributed by atoms with van der Waals surface area (Å²) in [6, 6.07) is 9.96. The van der Waals surface area contributed by atoms with Gasteiger partial charge in [-0.15, -0.1) is 0 Å². The van der Waals surface area contributed by atoms with Crippen molar-refractivity contribution in [2.45, 2.75) is 70.9 Å². The number of fused-ring (bicyclic) bond motifs is 1. The average molecular weight is 544 g/mol. The molecule has 1 amide bonds. The molecular weight excluding hydrogens is 510 g/mol. The van der Waals surface area contributed by atoms with Gasteiger partial charge in [-0.25, -0.2) is 8.42 Å². The number of sulfonamides is 1. The van der Waals surface area contributed by atoms with Crippen molar-refractivity contribution >= 4 is 43.5 Å². The predicted molar refractivity (Wildman–Crippen MR) is 144 cm³/mol. The quantitative estimate of drug-likeness (QED) is 0.407. The highest BCUT2D eigenvalue weighted by atomic mass is 32.2. The van der Waals surface area contributed by atoms with E-state index in [-0.39, 0.29) is 29.7 Å². The number of hydrogen-bond donors (Lipinski definition) is 0. The first-order valence-corrected chi connectivity index (χ1v) is 14.9. The van der Waals surface area contributed by atoms with Gasteiger partial charge in [0.05, 0.1) is 21.7 Å². The topological polar surface area (TPSA) is 98.0 Å². The van der Waals surface area contributed by atoms with Crippen LogP contribution < -0.4 is 4.80 Å². The summed E-state index contributed by atoms with van der Waals surface area (Å²) in [6.07, 6.45) is 3.53. The third-order valence-corrected chi connectivity index (χ3v) is 9.85. The standard InChI is InChI=1S/C27H33N3O5S2/c1-5-21-9-7-8-14-30(21)37(33,34)22-12-10-20(11-13-22)26(32)28-27-29(17-25(31)35-6-2)23-15-18(3)19(4)16-24(23)36-27/h10-13,15-16,21H,5-9,14,17H2,1-4H3. The van der Waals surface area contributed by atoms with Crippen LogP contribution in [0.3, 0.4) is 0 Å². The number of carbonyl (C=O) groups is 2. The lowest BCUT2D eigenvalue weighted by Crippen LogP contribution is -2.43. The molecule has 1 unspecified atom stereocenters. The van der Waals surface area contributed by atoms with Gasteiger partial charge in [0.15, 0.2) is 4.80 Å². The van der Waals surface area contributed by atoms with Gasteiger partial charge in [0.2, 0.25) is 10.0 Å². The molecule has 0 spiro atoms. The molecule has 1 aliphatic heterocycles. The number of aryl methyl sites for hydroxylation is 2. The van der Waals surface area contributed by atoms with Crippen LogP contribution in [0.2, 0.25) is 0 Å². The average Bonchev–Trinajstić information content (AvgIpc) is 3.19. The molecule has 198 valence electrons. The molecule has 0 N–H and O–H groups in total. The molecule has 4 rings (SSSR count). The molecule has 1 fully saturated rings. The molecule has 1 aromatic heterocycles. The van der Waals surface area contributed by atoms with Crippen molar-refractivity contribution in [1.29, 1.82) is 0 Å². The van der Waals surface area contributed by atoms with Gasteiger partial charge in [0, 0.05) is 18.2 Å². The molecule has 1 atom stereocenters. The highest BCUT2D eigenvalue weighted by Crippen LogP contribution is 2.27. The molecule has 0 aliphatic carbocycles. The lowest BCUT2D eigenvalue weighted by Gasteiger charge is -2.34. The number of nitrogens with zero attached hydrogens (tertiary/aromatic N) is 3. The number of thiazole rings is 1. The van der Waals surface area contributed by atoms with E-state index in [4.69, 9.17) is 4.74 Å². The number of benzene rings is 2. The summed E-state index contributed by atoms with van der Waals surface area (Å²) in [5, 5.41) is 0. The van der Waals surface area contributed by atoms with Gasteiger partial charge in [0.1, 0.15) is 6.54 Å². The number of ether oxygens (including phenoxy) is 1. The second-order valence-electron chi connectivity index (χ2n) is 9.29. The fourth-order valence-corrected chi connectivity index (χ4v) is 7.52. The largest absolute Gasteiger partial charge is 0.465 e. The van der Waals surface area contributed by atoms with Crippen molar-refractivity contribution in [3.63, 3.8) is 0 Å². The lowest BCUT2D eigenvalue weighted by molar-refractivity contribution is -0.143. The van der Waals surface area contributed by atoms with Crippen LogP contribution in [-0.4, -0.2) is 48.4 Å². The summed E-state index contributed by atoms with van der Waals surface area (Å²) in [5.41, 5.74) is 3.25. The van der Waals surface area contributed by atoms with Crippen molar-refractivity contribution in [2.75, 3.05) is 13.2 Å². The Hall–Kier alpha value is -2.82. The summed E-state index contributed by atoms with van der Waals surface area (Å²) < 4.78 is 35.8. The molecule has 10 heteroatoms. The zero-order valence-electron chi connectivity index (χ0n) is 21.7. The van der Waals surface area contributed by atoms with Gasteiger partial charge < -0.3 is 9.30 Å². The van der Waals surface area contributed by atoms with E-state index < -0.39 is 21.9 Å². The van der Waals surface area contributed by atoms with E-state index in [1.807, 2.05) is 32.9 Å². The van der Waals surface area contributed by atoms with Crippen LogP contribution in [-0.2, 0) is 26.1 Å². The Kier molecular flexibility index (Phi) is 8.30. The van der Waals surface area contributed by atoms with Crippen LogP contribution >= 0.6 is 11.3 Å². The van der Waals surface area contributed by atoms with Crippen molar-refractivity contribution in [2.24, 2.45) is 4.99 Å². The fraction of sp³-hybridized carbons (Fsp3) is 0.444. The van der Waals surface area contributed by atoms with Crippen LogP contribution in [0.4, 0.5) is 0 Å². The Morgan fingerprint density at radius 1 is 1.08 bits per heavy atom. The molecular formula is C27H33N3O5S2. The zero-order chi connectivity index (χ0) is 26.7. The minimum absolute atomic E-state index is 0.00476. The monoisotopic (exact) mass is 543 g/mol. The summed E-state index contributed by atoms with van der Waals surface area (Å²) >= 11 is 1.32. The number of amides is 1. The maximum Gasteiger partial charge on any atom is 0.326 e. The third kappa shape index (κ3) is 5.71. The number of carbonyl (C=O) groups excluding carboxylic acids is 2. The van der Waals surface area contributed by atoms with E-state index in [0.29, 0.717) is 11.3 Å². The second kappa shape index (κ2) is 11.3. The van der Waals surface area contributed by atoms with E-state index >= 15 is 0 Å². The summed E-state index contributed by atoms with van der Waals surface area (Å²) in [7, 11) is -3.64. The van der Waals surface area contributed by atoms with E-state index in [0.717, 1.165) is 47.0 Å². The van der Waals surface area contributed by atoms with Crippen molar-refractivity contribution < 1.29 is 22.7 Å². The second-order valence-corrected chi connectivity index (χ2v) is 12.2. The maximum atomic E-state index is 13.3. The van der Waals surface area contributed by atoms with Crippen LogP contribution in [0, 0.1) is 13.8 Å². The van der Waals surface area contributed by atoms with Gasteiger partial charge in [-0.05, 0) is 87.6 Å². The van der Waals surface area contributed by atoms with Gasteiger partial charge in [-0.2, -0.15) is 9.30 Å². The van der Waals surface area contributed by atoms with Crippen LogP contribution in [0.1, 0.15) is 61.0 Å². The highest BCUT2D eigenvalue weighted by molar-refractivity contribution is 7.89. The lowest BCUT2D eigenvalue weighted by atomic mass is 10.0. The van der Waals surface area contributed by atoms with Crippen molar-refractivity contribution in [3.8, 4) is 0 Å². The molecule has 3 aromatic rings. The predicted octanol–water partition coefficient (Wildman–Crippen LogP) is 4.58. The normalized spacial score (nSPS) is 17.3. The van der Waals surface area contributed by atoms with Crippen LogP contribution in [0.5, 0.6) is 0 Å². The number of rotatable bonds is 7. The molecule has 2 heterocycles. The number of esters is 1. The molecule has 2 aromatic carbocycles. The Bertz CT molecular complexity index is 1490. The Morgan fingerprint density at radius 3 is 2.46 bits per heavy atom. The Labute approximate surface area is 221 Å². The SMILES string of the molecule is CCOC(=O)Cn1c(=NC(=O)c2ccc(S(=O)(=O)N3CCCCC3CC)cc2)sc2cc(C)c(C)cc21. The number of hydrogen-bond acceptors (Lipinski definition) is 6. The first-order chi connectivity index (χ1) is 17.6. The number of aromatic nitrogens is 1. The summed E-state index contributed by atoms with van der Waals surface area (Å²) in [4.78, 5) is 30.3. The van der Waals surface area contributed by atoms with Gasteiger partial charge in [-0.1, -0.05) is 24.7 Å². The molecule has 37 heavy (non-hydrogen) atoms. The minimum Gasteiger partial charge on any atom is -0.465 e. The summed E-state index contributed by atoms with van der Waals surface area (Å²) in [6.45, 7) is 8.47. The van der Waals surface area contributed by atoms with Crippen LogP contribution in [0.15, 0.2) is 46.3 Å². The van der Waals surface area contributed by atoms with Gasteiger partial charge in [0.25, 0.3) is 5.91 Å². The fourth-order valence-electron chi connectivity index (χ4n) is 4.65. The highest BCUT2D eigenvalue weighted by Gasteiger charge is 2.32. The smallest absolute Gasteiger partial charge is 0.326 e. The van der Waals surface area contributed by atoms with Gasteiger partial charge >= 0.3 is 5.97 Å². The first kappa shape index (κ1) is 27.2. The molecule has 8 nitrogen and oxygen atoms in total. The van der Waals surface area contributed by atoms with E-state index in [1.165, 1.54) is 35.6 Å². The van der Waals surface area contributed by atoms with Crippen LogP contribution in [0.25, 0.3) is 10.2 Å². The van der Waals surface area contributed by atoms with E-state index in [9.17, 15) is 18.0 Å². The summed E-state index contributed by atoms with van der Waals surface area (Å²) in [5.74, 6) is -0.919. The molecule has 1 saturated heterocycles. The molecule has 0 saturated carbocycles. The Morgan fingerprint density at radius 2 is 1.78 bits per heavy atom. The molecule has 0 bridgehead atoms. The van der Waals surface area contributed by atoms with E-state index in [2.05, 4.69) is 4.99 Å². The first-order valence-electron chi connectivity index (χ1n) is 12.6. The maximum absolute atomic E-state index is 13.3. The zero-order valence-corrected chi connectivity index (χ0v) is 23.3.